The molecule has 1 amide bonds. The van der Waals surface area contributed by atoms with Crippen LogP contribution in [-0.4, -0.2) is 51.8 Å². The zero-order valence-corrected chi connectivity index (χ0v) is 17.3. The molecule has 1 aliphatic heterocycles. The first-order chi connectivity index (χ1) is 13.9. The van der Waals surface area contributed by atoms with Crippen molar-refractivity contribution in [3.8, 4) is 0 Å². The summed E-state index contributed by atoms with van der Waals surface area (Å²) in [4.78, 5) is 39.0. The Hall–Kier alpha value is -2.21. The molecule has 3 rings (SSSR count). The third-order valence-corrected chi connectivity index (χ3v) is 6.50. The van der Waals surface area contributed by atoms with E-state index in [2.05, 4.69) is 5.32 Å². The van der Waals surface area contributed by atoms with Gasteiger partial charge in [-0.2, -0.15) is 0 Å². The molecule has 2 aliphatic rings. The topological polar surface area (TPSA) is 86.7 Å². The third kappa shape index (κ3) is 4.86. The van der Waals surface area contributed by atoms with Gasteiger partial charge in [-0.15, -0.1) is 0 Å². The number of likely N-dealkylation sites (tertiary alicyclic amines) is 1. The highest BCUT2D eigenvalue weighted by Gasteiger charge is 2.49. The number of carboxylic acid groups (broad SMARTS) is 1. The summed E-state index contributed by atoms with van der Waals surface area (Å²) in [6.07, 6.45) is 5.22. The van der Waals surface area contributed by atoms with Crippen LogP contribution in [0.5, 0.6) is 0 Å². The summed E-state index contributed by atoms with van der Waals surface area (Å²) in [5, 5.41) is 12.8. The number of hydrogen-bond acceptors (Lipinski definition) is 4. The van der Waals surface area contributed by atoms with Gasteiger partial charge >= 0.3 is 5.97 Å². The second-order valence-electron chi connectivity index (χ2n) is 8.38. The van der Waals surface area contributed by atoms with Crippen LogP contribution in [0.15, 0.2) is 30.3 Å². The molecule has 2 fully saturated rings. The van der Waals surface area contributed by atoms with Crippen molar-refractivity contribution in [3.63, 3.8) is 0 Å². The fraction of sp³-hybridized carbons (Fsp3) is 0.609. The van der Waals surface area contributed by atoms with Crippen LogP contribution in [0.25, 0.3) is 0 Å². The lowest BCUT2D eigenvalue weighted by Gasteiger charge is -2.32. The summed E-state index contributed by atoms with van der Waals surface area (Å²) >= 11 is 0. The number of carboxylic acids is 1. The lowest BCUT2D eigenvalue weighted by atomic mass is 10.00. The molecule has 158 valence electrons. The minimum Gasteiger partial charge on any atom is -0.480 e. The van der Waals surface area contributed by atoms with Crippen LogP contribution in [0.1, 0.15) is 57.9 Å². The molecule has 1 aromatic carbocycles. The van der Waals surface area contributed by atoms with Crippen LogP contribution < -0.4 is 5.32 Å². The predicted molar refractivity (Wildman–Crippen MR) is 110 cm³/mol. The lowest BCUT2D eigenvalue weighted by molar-refractivity contribution is -0.150. The molecule has 3 unspecified atom stereocenters. The monoisotopic (exact) mass is 400 g/mol. The number of aryl methyl sites for hydroxylation is 1. The van der Waals surface area contributed by atoms with Gasteiger partial charge in [0.15, 0.2) is 0 Å². The number of carbonyl (C=O) groups excluding carboxylic acids is 2. The number of rotatable bonds is 9. The van der Waals surface area contributed by atoms with Crippen LogP contribution >= 0.6 is 0 Å². The number of nitrogens with zero attached hydrogens (tertiary/aromatic N) is 1. The Balaban J connectivity index is 1.67. The van der Waals surface area contributed by atoms with Crippen LogP contribution in [0, 0.1) is 5.92 Å². The van der Waals surface area contributed by atoms with Crippen molar-refractivity contribution in [2.45, 2.75) is 83.0 Å². The van der Waals surface area contributed by atoms with Gasteiger partial charge in [0.2, 0.25) is 5.91 Å². The van der Waals surface area contributed by atoms with Gasteiger partial charge < -0.3 is 10.0 Å². The quantitative estimate of drug-likeness (QED) is 0.666. The highest BCUT2D eigenvalue weighted by Crippen LogP contribution is 2.41. The van der Waals surface area contributed by atoms with Gasteiger partial charge in [0.1, 0.15) is 11.8 Å². The molecule has 0 bridgehead atoms. The number of ketones is 1. The molecule has 6 heteroatoms. The van der Waals surface area contributed by atoms with E-state index in [1.165, 1.54) is 0 Å². The first-order valence-corrected chi connectivity index (χ1v) is 10.8. The summed E-state index contributed by atoms with van der Waals surface area (Å²) in [7, 11) is 0. The maximum absolute atomic E-state index is 13.2. The molecule has 1 saturated carbocycles. The Bertz CT molecular complexity index is 736. The zero-order valence-electron chi connectivity index (χ0n) is 17.3. The standard InChI is InChI=1S/C23H32N2O4/c1-3-21(26)18(13-12-16-8-5-4-6-9-16)24-15(2)22(27)25-19-11-7-10-17(19)14-20(25)23(28)29/h4-6,8-9,15,17-20,24H,3,7,10-14H2,1-2H3,(H,28,29)/t15-,17?,18?,19-,20?/m0/s1. The Kier molecular flexibility index (Phi) is 7.06. The van der Waals surface area contributed by atoms with Crippen LogP contribution in [0.2, 0.25) is 0 Å². The predicted octanol–water partition coefficient (Wildman–Crippen LogP) is 2.80. The molecule has 1 heterocycles. The fourth-order valence-electron chi connectivity index (χ4n) is 4.96. The molecule has 6 nitrogen and oxygen atoms in total. The molecule has 0 spiro atoms. The van der Waals surface area contributed by atoms with Crippen molar-refractivity contribution in [2.24, 2.45) is 5.92 Å². The second-order valence-corrected chi connectivity index (χ2v) is 8.38. The number of amides is 1. The normalized spacial score (nSPS) is 25.4. The number of aliphatic carboxylic acids is 1. The number of nitrogens with one attached hydrogen (secondary N) is 1. The molecule has 2 N–H and O–H groups in total. The van der Waals surface area contributed by atoms with Gasteiger partial charge in [0, 0.05) is 12.5 Å². The Morgan fingerprint density at radius 3 is 2.59 bits per heavy atom. The Morgan fingerprint density at radius 1 is 1.21 bits per heavy atom. The van der Waals surface area contributed by atoms with E-state index < -0.39 is 24.1 Å². The van der Waals surface area contributed by atoms with Crippen molar-refractivity contribution in [3.05, 3.63) is 35.9 Å². The van der Waals surface area contributed by atoms with E-state index >= 15 is 0 Å². The number of hydrogen-bond donors (Lipinski definition) is 2. The van der Waals surface area contributed by atoms with Gasteiger partial charge in [-0.3, -0.25) is 14.9 Å². The molecule has 0 radical (unpaired) electrons. The maximum atomic E-state index is 13.2. The summed E-state index contributed by atoms with van der Waals surface area (Å²) < 4.78 is 0. The molecule has 1 aliphatic carbocycles. The van der Waals surface area contributed by atoms with E-state index in [0.717, 1.165) is 31.2 Å². The highest BCUT2D eigenvalue weighted by atomic mass is 16.4. The Morgan fingerprint density at radius 2 is 1.93 bits per heavy atom. The Labute approximate surface area is 172 Å². The van der Waals surface area contributed by atoms with Crippen molar-refractivity contribution in [1.82, 2.24) is 10.2 Å². The van der Waals surface area contributed by atoms with E-state index in [9.17, 15) is 19.5 Å². The van der Waals surface area contributed by atoms with Crippen molar-refractivity contribution < 1.29 is 19.5 Å². The molecular formula is C23H32N2O4. The number of fused-ring (bicyclic) bond motifs is 1. The van der Waals surface area contributed by atoms with Gasteiger partial charge in [-0.25, -0.2) is 4.79 Å². The summed E-state index contributed by atoms with van der Waals surface area (Å²) in [6.45, 7) is 3.58. The summed E-state index contributed by atoms with van der Waals surface area (Å²) in [5.74, 6) is -0.750. The van der Waals surface area contributed by atoms with Gasteiger partial charge in [0.05, 0.1) is 12.1 Å². The first-order valence-electron chi connectivity index (χ1n) is 10.8. The van der Waals surface area contributed by atoms with Crippen molar-refractivity contribution in [2.75, 3.05) is 0 Å². The number of Topliss-reactive ketones (excluding diaryl/α,β-unsaturated/α-hetero) is 1. The van der Waals surface area contributed by atoms with E-state index in [-0.39, 0.29) is 17.7 Å². The zero-order chi connectivity index (χ0) is 21.0. The third-order valence-electron chi connectivity index (χ3n) is 6.50. The van der Waals surface area contributed by atoms with E-state index in [0.29, 0.717) is 25.2 Å². The van der Waals surface area contributed by atoms with E-state index in [1.54, 1.807) is 11.8 Å². The molecule has 0 aromatic heterocycles. The molecular weight excluding hydrogens is 368 g/mol. The van der Waals surface area contributed by atoms with E-state index in [1.807, 2.05) is 37.3 Å². The fourth-order valence-corrected chi connectivity index (χ4v) is 4.96. The van der Waals surface area contributed by atoms with Gasteiger partial charge in [0.25, 0.3) is 0 Å². The largest absolute Gasteiger partial charge is 0.480 e. The van der Waals surface area contributed by atoms with Gasteiger partial charge in [-0.1, -0.05) is 43.7 Å². The SMILES string of the molecule is CCC(=O)C(CCc1ccccc1)N[C@@H](C)C(=O)N1C(C(=O)O)CC2CCC[C@@H]21. The minimum atomic E-state index is -0.926. The minimum absolute atomic E-state index is 0.0255. The van der Waals surface area contributed by atoms with Gasteiger partial charge in [-0.05, 0) is 50.5 Å². The van der Waals surface area contributed by atoms with Crippen molar-refractivity contribution in [1.29, 1.82) is 0 Å². The lowest BCUT2D eigenvalue weighted by Crippen LogP contribution is -2.55. The highest BCUT2D eigenvalue weighted by molar-refractivity contribution is 5.89. The van der Waals surface area contributed by atoms with Crippen LogP contribution in [-0.2, 0) is 20.8 Å². The van der Waals surface area contributed by atoms with Crippen LogP contribution in [0.4, 0.5) is 0 Å². The molecule has 1 aromatic rings. The maximum Gasteiger partial charge on any atom is 0.326 e. The summed E-state index contributed by atoms with van der Waals surface area (Å²) in [6, 6.07) is 8.25. The van der Waals surface area contributed by atoms with Crippen LogP contribution in [0.3, 0.4) is 0 Å². The average molecular weight is 401 g/mol. The molecule has 1 saturated heterocycles. The molecule has 5 atom stereocenters. The first kappa shape index (κ1) is 21.5. The van der Waals surface area contributed by atoms with E-state index in [4.69, 9.17) is 0 Å². The number of carbonyl (C=O) groups is 3. The molecule has 29 heavy (non-hydrogen) atoms. The second kappa shape index (κ2) is 9.53. The van der Waals surface area contributed by atoms with Crippen molar-refractivity contribution >= 4 is 17.7 Å². The smallest absolute Gasteiger partial charge is 0.326 e. The average Bonchev–Trinajstić information content (AvgIpc) is 3.31. The number of benzene rings is 1. The summed E-state index contributed by atoms with van der Waals surface area (Å²) in [5.41, 5.74) is 1.15.